The van der Waals surface area contributed by atoms with Crippen LogP contribution >= 0.6 is 0 Å². The Morgan fingerprint density at radius 3 is 2.94 bits per heavy atom. The average molecular weight is 261 g/mol. The Morgan fingerprint density at radius 2 is 2.33 bits per heavy atom. The Kier molecular flexibility index (Phi) is 7.19. The minimum Gasteiger partial charge on any atom is -0.480 e. The van der Waals surface area contributed by atoms with Crippen LogP contribution in [-0.2, 0) is 19.0 Å². The first-order valence-electron chi connectivity index (χ1n) is 6.42. The van der Waals surface area contributed by atoms with Gasteiger partial charge in [-0.1, -0.05) is 0 Å². The zero-order chi connectivity index (χ0) is 13.4. The SMILES string of the molecule is C[C@H](CCOC[C@H](N)C(=O)O)OC1CCCCO1. The number of aliphatic carboxylic acids is 1. The second-order valence-electron chi connectivity index (χ2n) is 4.55. The fourth-order valence-electron chi connectivity index (χ4n) is 1.68. The monoisotopic (exact) mass is 261 g/mol. The first-order valence-corrected chi connectivity index (χ1v) is 6.42. The van der Waals surface area contributed by atoms with E-state index in [-0.39, 0.29) is 19.0 Å². The summed E-state index contributed by atoms with van der Waals surface area (Å²) in [4.78, 5) is 10.4. The van der Waals surface area contributed by atoms with E-state index in [1.54, 1.807) is 0 Å². The molecule has 18 heavy (non-hydrogen) atoms. The van der Waals surface area contributed by atoms with Gasteiger partial charge in [-0.3, -0.25) is 4.79 Å². The van der Waals surface area contributed by atoms with Crippen LogP contribution in [0.5, 0.6) is 0 Å². The molecule has 0 amide bonds. The van der Waals surface area contributed by atoms with Crippen molar-refractivity contribution in [2.24, 2.45) is 5.73 Å². The van der Waals surface area contributed by atoms with Gasteiger partial charge in [0.05, 0.1) is 12.7 Å². The molecule has 106 valence electrons. The lowest BCUT2D eigenvalue weighted by Gasteiger charge is -2.26. The van der Waals surface area contributed by atoms with Gasteiger partial charge in [0.15, 0.2) is 6.29 Å². The Balaban J connectivity index is 2.02. The molecule has 3 atom stereocenters. The van der Waals surface area contributed by atoms with Crippen LogP contribution in [0.2, 0.25) is 0 Å². The van der Waals surface area contributed by atoms with Crippen LogP contribution in [0.25, 0.3) is 0 Å². The molecule has 3 N–H and O–H groups in total. The number of carbonyl (C=O) groups is 1. The number of rotatable bonds is 8. The molecule has 1 rings (SSSR count). The molecular weight excluding hydrogens is 238 g/mol. The van der Waals surface area contributed by atoms with Crippen LogP contribution in [0.4, 0.5) is 0 Å². The number of hydrogen-bond donors (Lipinski definition) is 2. The summed E-state index contributed by atoms with van der Waals surface area (Å²) in [6, 6.07) is -0.956. The summed E-state index contributed by atoms with van der Waals surface area (Å²) in [7, 11) is 0. The molecule has 0 spiro atoms. The van der Waals surface area contributed by atoms with E-state index in [9.17, 15) is 4.79 Å². The van der Waals surface area contributed by atoms with Crippen molar-refractivity contribution in [2.45, 2.75) is 51.0 Å². The minimum absolute atomic E-state index is 0.0297. The standard InChI is InChI=1S/C12H23NO5/c1-9(18-11-4-2-3-6-17-11)5-7-16-8-10(13)12(14)15/h9-11H,2-8,13H2,1H3,(H,14,15)/t9-,10+,11?/m1/s1. The maximum Gasteiger partial charge on any atom is 0.322 e. The van der Waals surface area contributed by atoms with Gasteiger partial charge in [-0.05, 0) is 32.6 Å². The van der Waals surface area contributed by atoms with Crippen molar-refractivity contribution in [3.63, 3.8) is 0 Å². The van der Waals surface area contributed by atoms with E-state index < -0.39 is 12.0 Å². The first-order chi connectivity index (χ1) is 8.59. The zero-order valence-electron chi connectivity index (χ0n) is 10.8. The van der Waals surface area contributed by atoms with Crippen LogP contribution in [0.1, 0.15) is 32.6 Å². The van der Waals surface area contributed by atoms with Gasteiger partial charge in [-0.2, -0.15) is 0 Å². The Hall–Kier alpha value is -0.690. The lowest BCUT2D eigenvalue weighted by atomic mass is 10.2. The Morgan fingerprint density at radius 1 is 1.56 bits per heavy atom. The molecule has 0 aromatic carbocycles. The van der Waals surface area contributed by atoms with E-state index in [4.69, 9.17) is 25.1 Å². The summed E-state index contributed by atoms with van der Waals surface area (Å²) in [5.74, 6) is -1.05. The van der Waals surface area contributed by atoms with Crippen molar-refractivity contribution in [3.8, 4) is 0 Å². The first kappa shape index (κ1) is 15.4. The number of carboxylic acids is 1. The largest absolute Gasteiger partial charge is 0.480 e. The van der Waals surface area contributed by atoms with Gasteiger partial charge in [-0.25, -0.2) is 0 Å². The second kappa shape index (κ2) is 8.42. The summed E-state index contributed by atoms with van der Waals surface area (Å²) in [6.07, 6.45) is 3.82. The zero-order valence-corrected chi connectivity index (χ0v) is 10.8. The van der Waals surface area contributed by atoms with E-state index in [0.29, 0.717) is 13.0 Å². The molecule has 1 heterocycles. The number of nitrogens with two attached hydrogens (primary N) is 1. The van der Waals surface area contributed by atoms with Crippen molar-refractivity contribution in [1.82, 2.24) is 0 Å². The van der Waals surface area contributed by atoms with Crippen LogP contribution in [-0.4, -0.2) is 49.3 Å². The lowest BCUT2D eigenvalue weighted by molar-refractivity contribution is -0.187. The molecule has 0 aliphatic carbocycles. The highest BCUT2D eigenvalue weighted by molar-refractivity contribution is 5.73. The van der Waals surface area contributed by atoms with Crippen molar-refractivity contribution in [3.05, 3.63) is 0 Å². The van der Waals surface area contributed by atoms with E-state index in [2.05, 4.69) is 0 Å². The highest BCUT2D eigenvalue weighted by Crippen LogP contribution is 2.16. The third kappa shape index (κ3) is 6.30. The molecule has 0 aromatic heterocycles. The minimum atomic E-state index is -1.05. The average Bonchev–Trinajstić information content (AvgIpc) is 2.35. The molecule has 1 aliphatic rings. The third-order valence-electron chi connectivity index (χ3n) is 2.81. The van der Waals surface area contributed by atoms with Crippen molar-refractivity contribution in [2.75, 3.05) is 19.8 Å². The number of carboxylic acid groups (broad SMARTS) is 1. The molecule has 1 fully saturated rings. The van der Waals surface area contributed by atoms with E-state index in [1.165, 1.54) is 0 Å². The Labute approximate surface area is 107 Å². The third-order valence-corrected chi connectivity index (χ3v) is 2.81. The summed E-state index contributed by atoms with van der Waals surface area (Å²) in [5.41, 5.74) is 5.31. The predicted octanol–water partition coefficient (Wildman–Crippen LogP) is 0.737. The molecule has 0 saturated carbocycles. The molecule has 6 nitrogen and oxygen atoms in total. The van der Waals surface area contributed by atoms with Crippen molar-refractivity contribution < 1.29 is 24.1 Å². The predicted molar refractivity (Wildman–Crippen MR) is 65.2 cm³/mol. The van der Waals surface area contributed by atoms with Gasteiger partial charge in [-0.15, -0.1) is 0 Å². The van der Waals surface area contributed by atoms with Crippen molar-refractivity contribution in [1.29, 1.82) is 0 Å². The van der Waals surface area contributed by atoms with Crippen LogP contribution < -0.4 is 5.73 Å². The van der Waals surface area contributed by atoms with E-state index in [1.807, 2.05) is 6.92 Å². The van der Waals surface area contributed by atoms with Crippen molar-refractivity contribution >= 4 is 5.97 Å². The smallest absolute Gasteiger partial charge is 0.322 e. The molecular formula is C12H23NO5. The van der Waals surface area contributed by atoms with Gasteiger partial charge >= 0.3 is 5.97 Å². The fraction of sp³-hybridized carbons (Fsp3) is 0.917. The summed E-state index contributed by atoms with van der Waals surface area (Å²) >= 11 is 0. The van der Waals surface area contributed by atoms with E-state index in [0.717, 1.165) is 25.9 Å². The Bertz CT molecular complexity index is 243. The molecule has 1 unspecified atom stereocenters. The van der Waals surface area contributed by atoms with Crippen LogP contribution in [0, 0.1) is 0 Å². The van der Waals surface area contributed by atoms with Gasteiger partial charge in [0.25, 0.3) is 0 Å². The highest BCUT2D eigenvalue weighted by atomic mass is 16.7. The highest BCUT2D eigenvalue weighted by Gasteiger charge is 2.17. The van der Waals surface area contributed by atoms with Crippen LogP contribution in [0.3, 0.4) is 0 Å². The van der Waals surface area contributed by atoms with Gasteiger partial charge in [0.2, 0.25) is 0 Å². The second-order valence-corrected chi connectivity index (χ2v) is 4.55. The normalized spacial score (nSPS) is 23.6. The molecule has 0 aromatic rings. The molecule has 6 heteroatoms. The maximum atomic E-state index is 10.4. The van der Waals surface area contributed by atoms with Gasteiger partial charge in [0, 0.05) is 13.2 Å². The van der Waals surface area contributed by atoms with Crippen LogP contribution in [0.15, 0.2) is 0 Å². The van der Waals surface area contributed by atoms with E-state index >= 15 is 0 Å². The summed E-state index contributed by atoms with van der Waals surface area (Å²) in [5, 5.41) is 8.56. The lowest BCUT2D eigenvalue weighted by Crippen LogP contribution is -2.35. The molecule has 0 bridgehead atoms. The molecule has 1 saturated heterocycles. The fourth-order valence-corrected chi connectivity index (χ4v) is 1.68. The maximum absolute atomic E-state index is 10.4. The summed E-state index contributed by atoms with van der Waals surface area (Å²) in [6.45, 7) is 3.19. The topological polar surface area (TPSA) is 91.0 Å². The molecule has 1 aliphatic heterocycles. The summed E-state index contributed by atoms with van der Waals surface area (Å²) < 4.78 is 16.3. The molecule has 0 radical (unpaired) electrons. The number of hydrogen-bond acceptors (Lipinski definition) is 5. The van der Waals surface area contributed by atoms with Gasteiger partial charge < -0.3 is 25.1 Å². The number of ether oxygens (including phenoxy) is 3. The van der Waals surface area contributed by atoms with Gasteiger partial charge in [0.1, 0.15) is 6.04 Å². The quantitative estimate of drug-likeness (QED) is 0.626.